The van der Waals surface area contributed by atoms with Crippen molar-refractivity contribution in [3.8, 4) is 23.8 Å². The molecule has 0 spiro atoms. The lowest BCUT2D eigenvalue weighted by molar-refractivity contribution is 0.0699. The molecule has 1 amide bonds. The fraction of sp³-hybridized carbons (Fsp3) is 0.471. The van der Waals surface area contributed by atoms with Gasteiger partial charge in [-0.05, 0) is 25.0 Å². The Kier molecular flexibility index (Phi) is 4.44. The van der Waals surface area contributed by atoms with Crippen LogP contribution in [0.5, 0.6) is 11.5 Å². The van der Waals surface area contributed by atoms with Gasteiger partial charge in [-0.3, -0.25) is 4.79 Å². The molecule has 1 atom stereocenters. The first-order valence-corrected chi connectivity index (χ1v) is 7.91. The number of ether oxygens (including phenoxy) is 2. The topological polar surface area (TPSA) is 38.8 Å². The summed E-state index contributed by atoms with van der Waals surface area (Å²) in [6.07, 6.45) is 8.19. The van der Waals surface area contributed by atoms with Crippen molar-refractivity contribution in [2.45, 2.75) is 19.3 Å². The van der Waals surface area contributed by atoms with Crippen molar-refractivity contribution in [3.63, 3.8) is 0 Å². The van der Waals surface area contributed by atoms with Crippen molar-refractivity contribution < 1.29 is 14.3 Å². The molecule has 2 aliphatic rings. The molecule has 1 saturated heterocycles. The average molecular weight is 320 g/mol. The van der Waals surface area contributed by atoms with Gasteiger partial charge in [0.15, 0.2) is 11.5 Å². The van der Waals surface area contributed by atoms with Gasteiger partial charge in [0.1, 0.15) is 0 Å². The van der Waals surface area contributed by atoms with Gasteiger partial charge in [0.2, 0.25) is 0 Å². The molecule has 0 aromatic heterocycles. The monoisotopic (exact) mass is 319 g/mol. The molecule has 22 heavy (non-hydrogen) atoms. The minimum atomic E-state index is -0.0579. The van der Waals surface area contributed by atoms with Crippen LogP contribution in [0, 0.1) is 18.3 Å². The lowest BCUT2D eigenvalue weighted by Crippen LogP contribution is -2.39. The molecule has 0 N–H and O–H groups in total. The molecule has 3 rings (SSSR count). The third kappa shape index (κ3) is 3.00. The van der Waals surface area contributed by atoms with E-state index in [1.165, 1.54) is 0 Å². The summed E-state index contributed by atoms with van der Waals surface area (Å²) in [4.78, 5) is 14.5. The van der Waals surface area contributed by atoms with Crippen molar-refractivity contribution in [1.29, 1.82) is 0 Å². The number of hydrogen-bond acceptors (Lipinski definition) is 3. The highest BCUT2D eigenvalue weighted by Gasteiger charge is 2.25. The van der Waals surface area contributed by atoms with Gasteiger partial charge in [0, 0.05) is 31.0 Å². The summed E-state index contributed by atoms with van der Waals surface area (Å²) in [7, 11) is 0. The van der Waals surface area contributed by atoms with Gasteiger partial charge < -0.3 is 14.4 Å². The molecular formula is C17H18ClNO3. The van der Waals surface area contributed by atoms with Crippen molar-refractivity contribution >= 4 is 17.5 Å². The second kappa shape index (κ2) is 6.50. The Hall–Kier alpha value is -1.86. The van der Waals surface area contributed by atoms with Crippen molar-refractivity contribution in [2.24, 2.45) is 5.92 Å². The minimum absolute atomic E-state index is 0.0579. The van der Waals surface area contributed by atoms with Crippen molar-refractivity contribution in [1.82, 2.24) is 4.90 Å². The number of hydrogen-bond donors (Lipinski definition) is 0. The molecule has 0 radical (unpaired) electrons. The molecule has 0 bridgehead atoms. The number of carbonyl (C=O) groups is 1. The molecule has 5 heteroatoms. The Morgan fingerprint density at radius 2 is 2.14 bits per heavy atom. The standard InChI is InChI=1S/C17H18ClNO3/c1-2-12-5-3-6-19(11-12)17(20)13-9-14(18)16-15(10-13)21-7-4-8-22-16/h1,9-10,12H,3-8,11H2/t12-/m1/s1. The Balaban J connectivity index is 1.85. The molecular weight excluding hydrogens is 302 g/mol. The van der Waals surface area contributed by atoms with Gasteiger partial charge in [0.05, 0.1) is 18.2 Å². The summed E-state index contributed by atoms with van der Waals surface area (Å²) in [5.74, 6) is 3.88. The van der Waals surface area contributed by atoms with Gasteiger partial charge in [-0.1, -0.05) is 11.6 Å². The van der Waals surface area contributed by atoms with E-state index < -0.39 is 0 Å². The normalized spacial score (nSPS) is 20.9. The number of likely N-dealkylation sites (tertiary alicyclic amines) is 1. The van der Waals surface area contributed by atoms with Crippen LogP contribution < -0.4 is 9.47 Å². The second-order valence-corrected chi connectivity index (χ2v) is 6.00. The van der Waals surface area contributed by atoms with Crippen LogP contribution >= 0.6 is 11.6 Å². The first-order valence-electron chi connectivity index (χ1n) is 7.53. The molecule has 4 nitrogen and oxygen atoms in total. The second-order valence-electron chi connectivity index (χ2n) is 5.59. The van der Waals surface area contributed by atoms with E-state index in [1.54, 1.807) is 17.0 Å². The highest BCUT2D eigenvalue weighted by atomic mass is 35.5. The minimum Gasteiger partial charge on any atom is -0.489 e. The number of piperidine rings is 1. The third-order valence-electron chi connectivity index (χ3n) is 3.99. The number of terminal acetylenes is 1. The van der Waals surface area contributed by atoms with Crippen LogP contribution in [0.1, 0.15) is 29.6 Å². The predicted octanol–water partition coefficient (Wildman–Crippen LogP) is 2.99. The SMILES string of the molecule is C#C[C@@H]1CCCN(C(=O)c2cc(Cl)c3c(c2)OCCCO3)C1. The molecule has 1 fully saturated rings. The number of carbonyl (C=O) groups excluding carboxylic acids is 1. The van der Waals surface area contributed by atoms with Crippen molar-refractivity contribution in [3.05, 3.63) is 22.7 Å². The fourth-order valence-electron chi connectivity index (χ4n) is 2.83. The number of nitrogens with zero attached hydrogens (tertiary/aromatic N) is 1. The van der Waals surface area contributed by atoms with Crippen LogP contribution in [0.3, 0.4) is 0 Å². The highest BCUT2D eigenvalue weighted by Crippen LogP contribution is 2.38. The average Bonchev–Trinajstić information content (AvgIpc) is 2.80. The molecule has 116 valence electrons. The zero-order chi connectivity index (χ0) is 15.5. The number of benzene rings is 1. The lowest BCUT2D eigenvalue weighted by atomic mass is 9.98. The maximum Gasteiger partial charge on any atom is 0.254 e. The van der Waals surface area contributed by atoms with Crippen LogP contribution in [-0.4, -0.2) is 37.1 Å². The van der Waals surface area contributed by atoms with E-state index >= 15 is 0 Å². The maximum atomic E-state index is 12.7. The van der Waals surface area contributed by atoms with Crippen molar-refractivity contribution in [2.75, 3.05) is 26.3 Å². The van der Waals surface area contributed by atoms with E-state index in [4.69, 9.17) is 27.5 Å². The largest absolute Gasteiger partial charge is 0.489 e. The first-order chi connectivity index (χ1) is 10.7. The maximum absolute atomic E-state index is 12.7. The third-order valence-corrected chi connectivity index (χ3v) is 4.27. The number of fused-ring (bicyclic) bond motifs is 1. The van der Waals surface area contributed by atoms with E-state index in [0.29, 0.717) is 41.8 Å². The molecule has 0 aliphatic carbocycles. The molecule has 0 saturated carbocycles. The highest BCUT2D eigenvalue weighted by molar-refractivity contribution is 6.32. The van der Waals surface area contributed by atoms with E-state index in [0.717, 1.165) is 25.8 Å². The Morgan fingerprint density at radius 1 is 1.32 bits per heavy atom. The van der Waals surface area contributed by atoms with Gasteiger partial charge in [-0.25, -0.2) is 0 Å². The predicted molar refractivity (Wildman–Crippen MR) is 84.5 cm³/mol. The van der Waals surface area contributed by atoms with Gasteiger partial charge >= 0.3 is 0 Å². The zero-order valence-corrected chi connectivity index (χ0v) is 13.1. The first kappa shape index (κ1) is 15.1. The lowest BCUT2D eigenvalue weighted by Gasteiger charge is -2.30. The molecule has 2 aliphatic heterocycles. The van der Waals surface area contributed by atoms with Gasteiger partial charge in [0.25, 0.3) is 5.91 Å². The Morgan fingerprint density at radius 3 is 2.95 bits per heavy atom. The van der Waals surface area contributed by atoms with Gasteiger partial charge in [-0.2, -0.15) is 0 Å². The smallest absolute Gasteiger partial charge is 0.254 e. The number of rotatable bonds is 1. The summed E-state index contributed by atoms with van der Waals surface area (Å²) in [6.45, 7) is 2.45. The summed E-state index contributed by atoms with van der Waals surface area (Å²) in [5, 5.41) is 0.410. The Bertz CT molecular complexity index is 623. The summed E-state index contributed by atoms with van der Waals surface area (Å²) >= 11 is 6.25. The summed E-state index contributed by atoms with van der Waals surface area (Å²) in [6, 6.07) is 3.37. The zero-order valence-electron chi connectivity index (χ0n) is 12.3. The van der Waals surface area contributed by atoms with Crippen LogP contribution in [-0.2, 0) is 0 Å². The molecule has 1 aromatic carbocycles. The molecule has 1 aromatic rings. The Labute approximate surface area is 135 Å². The van der Waals surface area contributed by atoms with E-state index in [2.05, 4.69) is 5.92 Å². The summed E-state index contributed by atoms with van der Waals surface area (Å²) in [5.41, 5.74) is 0.520. The van der Waals surface area contributed by atoms with Gasteiger partial charge in [-0.15, -0.1) is 12.3 Å². The van der Waals surface area contributed by atoms with Crippen LogP contribution in [0.25, 0.3) is 0 Å². The van der Waals surface area contributed by atoms with E-state index in [1.807, 2.05) is 0 Å². The van der Waals surface area contributed by atoms with Crippen LogP contribution in [0.4, 0.5) is 0 Å². The van der Waals surface area contributed by atoms with E-state index in [9.17, 15) is 4.79 Å². The number of halogens is 1. The quantitative estimate of drug-likeness (QED) is 0.747. The van der Waals surface area contributed by atoms with Crippen LogP contribution in [0.2, 0.25) is 5.02 Å². The fourth-order valence-corrected chi connectivity index (χ4v) is 3.10. The summed E-state index contributed by atoms with van der Waals surface area (Å²) < 4.78 is 11.2. The molecule has 2 heterocycles. The van der Waals surface area contributed by atoms with Crippen LogP contribution in [0.15, 0.2) is 12.1 Å². The molecule has 0 unspecified atom stereocenters. The number of amides is 1. The van der Waals surface area contributed by atoms with E-state index in [-0.39, 0.29) is 11.8 Å².